The Morgan fingerprint density at radius 3 is 2.57 bits per heavy atom. The van der Waals surface area contributed by atoms with E-state index in [1.807, 2.05) is 50.8 Å². The first-order valence-corrected chi connectivity index (χ1v) is 7.67. The topological polar surface area (TPSA) is 41.6 Å². The van der Waals surface area contributed by atoms with Gasteiger partial charge in [-0.05, 0) is 39.7 Å². The van der Waals surface area contributed by atoms with Gasteiger partial charge in [0.05, 0.1) is 24.4 Å². The molecule has 0 aliphatic carbocycles. The van der Waals surface area contributed by atoms with Crippen LogP contribution >= 0.6 is 0 Å². The number of carbonyl (C=O) groups is 1. The number of nitrogens with one attached hydrogen (secondary N) is 1. The molecular formula is C17H26N2O2. The lowest BCUT2D eigenvalue weighted by molar-refractivity contribution is -0.134. The molecule has 4 heteroatoms. The summed E-state index contributed by atoms with van der Waals surface area (Å²) in [5.41, 5.74) is 0.864. The summed E-state index contributed by atoms with van der Waals surface area (Å²) in [6, 6.07) is 9.99. The van der Waals surface area contributed by atoms with E-state index in [1.165, 1.54) is 5.56 Å². The first kappa shape index (κ1) is 16.0. The van der Waals surface area contributed by atoms with E-state index < -0.39 is 0 Å². The molecule has 1 amide bonds. The van der Waals surface area contributed by atoms with Crippen LogP contribution in [0, 0.1) is 0 Å². The van der Waals surface area contributed by atoms with E-state index in [-0.39, 0.29) is 23.7 Å². The molecule has 1 aromatic rings. The molecule has 0 saturated carbocycles. The van der Waals surface area contributed by atoms with Crippen LogP contribution in [0.1, 0.15) is 33.3 Å². The SMILES string of the molecule is CCOC(C)(C)CN1C(=O)C(Cc2ccccc2)NC1C. The van der Waals surface area contributed by atoms with Gasteiger partial charge in [-0.1, -0.05) is 30.3 Å². The molecule has 0 bridgehead atoms. The minimum Gasteiger partial charge on any atom is -0.374 e. The summed E-state index contributed by atoms with van der Waals surface area (Å²) in [6.07, 6.45) is 0.779. The van der Waals surface area contributed by atoms with Gasteiger partial charge in [-0.15, -0.1) is 0 Å². The zero-order valence-corrected chi connectivity index (χ0v) is 13.4. The first-order chi connectivity index (χ1) is 9.93. The normalized spacial score (nSPS) is 22.9. The third-order valence-electron chi connectivity index (χ3n) is 3.86. The van der Waals surface area contributed by atoms with Gasteiger partial charge in [-0.3, -0.25) is 10.1 Å². The number of hydrogen-bond donors (Lipinski definition) is 1. The van der Waals surface area contributed by atoms with Crippen molar-refractivity contribution in [2.45, 2.75) is 51.9 Å². The fourth-order valence-corrected chi connectivity index (χ4v) is 2.90. The average Bonchev–Trinajstić information content (AvgIpc) is 2.67. The van der Waals surface area contributed by atoms with E-state index in [0.29, 0.717) is 13.2 Å². The molecule has 2 rings (SSSR count). The lowest BCUT2D eigenvalue weighted by Crippen LogP contribution is -2.45. The Kier molecular flexibility index (Phi) is 5.01. The molecule has 2 atom stereocenters. The molecule has 1 heterocycles. The standard InChI is InChI=1S/C17H26N2O2/c1-5-21-17(3,4)12-19-13(2)18-15(16(19)20)11-14-9-7-6-8-10-14/h6-10,13,15,18H,5,11-12H2,1-4H3. The molecule has 0 radical (unpaired) electrons. The summed E-state index contributed by atoms with van der Waals surface area (Å²) in [7, 11) is 0. The molecule has 1 N–H and O–H groups in total. The van der Waals surface area contributed by atoms with Crippen molar-refractivity contribution in [1.82, 2.24) is 10.2 Å². The van der Waals surface area contributed by atoms with E-state index in [9.17, 15) is 4.79 Å². The number of carbonyl (C=O) groups excluding carboxylic acids is 1. The average molecular weight is 290 g/mol. The minimum atomic E-state index is -0.317. The van der Waals surface area contributed by atoms with Crippen LogP contribution in [0.4, 0.5) is 0 Å². The molecule has 21 heavy (non-hydrogen) atoms. The van der Waals surface area contributed by atoms with Crippen LogP contribution < -0.4 is 5.32 Å². The predicted octanol–water partition coefficient (Wildman–Crippen LogP) is 2.19. The van der Waals surface area contributed by atoms with Gasteiger partial charge in [-0.25, -0.2) is 0 Å². The van der Waals surface area contributed by atoms with E-state index in [4.69, 9.17) is 4.74 Å². The Bertz CT molecular complexity index is 473. The highest BCUT2D eigenvalue weighted by atomic mass is 16.5. The van der Waals surface area contributed by atoms with Crippen LogP contribution in [0.25, 0.3) is 0 Å². The van der Waals surface area contributed by atoms with Crippen LogP contribution in [-0.2, 0) is 16.0 Å². The number of benzene rings is 1. The maximum absolute atomic E-state index is 12.6. The first-order valence-electron chi connectivity index (χ1n) is 7.67. The Morgan fingerprint density at radius 1 is 1.29 bits per heavy atom. The summed E-state index contributed by atoms with van der Waals surface area (Å²) in [4.78, 5) is 14.5. The summed E-state index contributed by atoms with van der Waals surface area (Å²) < 4.78 is 5.72. The van der Waals surface area contributed by atoms with Crippen molar-refractivity contribution in [3.8, 4) is 0 Å². The largest absolute Gasteiger partial charge is 0.374 e. The number of ether oxygens (including phenoxy) is 1. The highest BCUT2D eigenvalue weighted by Crippen LogP contribution is 2.20. The van der Waals surface area contributed by atoms with Crippen molar-refractivity contribution in [2.24, 2.45) is 0 Å². The highest BCUT2D eigenvalue weighted by molar-refractivity contribution is 5.84. The molecule has 2 unspecified atom stereocenters. The molecule has 0 aromatic heterocycles. The maximum Gasteiger partial charge on any atom is 0.241 e. The van der Waals surface area contributed by atoms with Crippen molar-refractivity contribution in [1.29, 1.82) is 0 Å². The Balaban J connectivity index is 2.01. The van der Waals surface area contributed by atoms with Crippen molar-refractivity contribution >= 4 is 5.91 Å². The number of rotatable bonds is 6. The van der Waals surface area contributed by atoms with Crippen molar-refractivity contribution < 1.29 is 9.53 Å². The predicted molar refractivity (Wildman–Crippen MR) is 83.9 cm³/mol. The lowest BCUT2D eigenvalue weighted by Gasteiger charge is -2.32. The van der Waals surface area contributed by atoms with E-state index >= 15 is 0 Å². The van der Waals surface area contributed by atoms with Gasteiger partial charge in [0.2, 0.25) is 5.91 Å². The van der Waals surface area contributed by atoms with E-state index in [0.717, 1.165) is 6.42 Å². The quantitative estimate of drug-likeness (QED) is 0.873. The second kappa shape index (κ2) is 6.58. The second-order valence-electron chi connectivity index (χ2n) is 6.24. The molecule has 0 spiro atoms. The molecule has 1 aliphatic heterocycles. The summed E-state index contributed by atoms with van der Waals surface area (Å²) in [5, 5.41) is 3.39. The molecule has 1 aliphatic rings. The third-order valence-corrected chi connectivity index (χ3v) is 3.86. The van der Waals surface area contributed by atoms with Crippen LogP contribution in [0.2, 0.25) is 0 Å². The van der Waals surface area contributed by atoms with Gasteiger partial charge >= 0.3 is 0 Å². The summed E-state index contributed by atoms with van der Waals surface area (Å²) in [5.74, 6) is 0.166. The number of hydrogen-bond acceptors (Lipinski definition) is 3. The van der Waals surface area contributed by atoms with Gasteiger partial charge in [-0.2, -0.15) is 0 Å². The molecule has 1 fully saturated rings. The van der Waals surface area contributed by atoms with Gasteiger partial charge in [0, 0.05) is 6.61 Å². The number of nitrogens with zero attached hydrogens (tertiary/aromatic N) is 1. The third kappa shape index (κ3) is 4.05. The van der Waals surface area contributed by atoms with Gasteiger partial charge in [0.1, 0.15) is 0 Å². The maximum atomic E-state index is 12.6. The van der Waals surface area contributed by atoms with Gasteiger partial charge in [0.25, 0.3) is 0 Å². The molecule has 1 aromatic carbocycles. The van der Waals surface area contributed by atoms with E-state index in [1.54, 1.807) is 0 Å². The highest BCUT2D eigenvalue weighted by Gasteiger charge is 2.39. The van der Waals surface area contributed by atoms with Crippen molar-refractivity contribution in [3.05, 3.63) is 35.9 Å². The molecule has 1 saturated heterocycles. The van der Waals surface area contributed by atoms with E-state index in [2.05, 4.69) is 17.4 Å². The van der Waals surface area contributed by atoms with Crippen LogP contribution in [0.5, 0.6) is 0 Å². The van der Waals surface area contributed by atoms with Crippen LogP contribution in [0.15, 0.2) is 30.3 Å². The van der Waals surface area contributed by atoms with Gasteiger partial charge in [0.15, 0.2) is 0 Å². The zero-order chi connectivity index (χ0) is 15.5. The minimum absolute atomic E-state index is 0.0472. The van der Waals surface area contributed by atoms with Crippen LogP contribution in [0.3, 0.4) is 0 Å². The fraction of sp³-hybridized carbons (Fsp3) is 0.588. The summed E-state index contributed by atoms with van der Waals surface area (Å²) >= 11 is 0. The summed E-state index contributed by atoms with van der Waals surface area (Å²) in [6.45, 7) is 9.34. The molecular weight excluding hydrogens is 264 g/mol. The lowest BCUT2D eigenvalue weighted by atomic mass is 10.1. The van der Waals surface area contributed by atoms with Crippen molar-refractivity contribution in [3.63, 3.8) is 0 Å². The fourth-order valence-electron chi connectivity index (χ4n) is 2.90. The molecule has 4 nitrogen and oxygen atoms in total. The molecule has 116 valence electrons. The van der Waals surface area contributed by atoms with Crippen LogP contribution in [-0.4, -0.2) is 41.8 Å². The van der Waals surface area contributed by atoms with Gasteiger partial charge < -0.3 is 9.64 Å². The Hall–Kier alpha value is -1.39. The zero-order valence-electron chi connectivity index (χ0n) is 13.4. The Morgan fingerprint density at radius 2 is 1.95 bits per heavy atom. The second-order valence-corrected chi connectivity index (χ2v) is 6.24. The van der Waals surface area contributed by atoms with Crippen molar-refractivity contribution in [2.75, 3.05) is 13.2 Å². The smallest absolute Gasteiger partial charge is 0.241 e. The Labute approximate surface area is 127 Å². The monoisotopic (exact) mass is 290 g/mol. The number of amides is 1.